The molecule has 0 amide bonds. The third kappa shape index (κ3) is 13.4. The average molecular weight is 1530 g/mol. The lowest BCUT2D eigenvalue weighted by atomic mass is 9.70. The van der Waals surface area contributed by atoms with Crippen LogP contribution in [0.2, 0.25) is 0 Å². The molecule has 0 aromatic heterocycles. The fourth-order valence-corrected chi connectivity index (χ4v) is 20.7. The number of rotatable bonds is 21. The lowest BCUT2D eigenvalue weighted by Gasteiger charge is -2.33. The Morgan fingerprint density at radius 3 is 0.822 bits per heavy atom. The summed E-state index contributed by atoms with van der Waals surface area (Å²) in [5.74, 6) is 0. The highest BCUT2D eigenvalue weighted by Gasteiger charge is 2.42. The first-order chi connectivity index (χ1) is 58.0. The zero-order valence-corrected chi connectivity index (χ0v) is 69.9. The largest absolute Gasteiger partial charge is 0.311 e. The normalized spacial score (nSPS) is 12.4. The van der Waals surface area contributed by atoms with Crippen LogP contribution in [0.25, 0.3) is 120 Å². The molecule has 0 aliphatic heterocycles. The van der Waals surface area contributed by atoms with Crippen LogP contribution in [0.1, 0.15) is 148 Å². The van der Waals surface area contributed by atoms with Gasteiger partial charge < -0.3 is 4.90 Å². The second-order valence-electron chi connectivity index (χ2n) is 34.3. The molecule has 21 rings (SSSR count). The van der Waals surface area contributed by atoms with Crippen LogP contribution in [0, 0.1) is 83.3 Å². The molecule has 18 aromatic rings. The molecule has 1 heteroatoms. The highest BCUT2D eigenvalue weighted by atomic mass is 15.1. The number of aryl methyl sites for hydroxylation is 6. The van der Waals surface area contributed by atoms with Gasteiger partial charge in [-0.2, -0.15) is 0 Å². The quantitative estimate of drug-likeness (QED) is 0.0394. The van der Waals surface area contributed by atoms with Gasteiger partial charge >= 0.3 is 0 Å². The maximum atomic E-state index is 2.53. The summed E-state index contributed by atoms with van der Waals surface area (Å²) in [6.45, 7) is 17.8. The standard InChI is InChI=1S/C66H40.C31H46.C20H19N/c1-37-21-25-41(26-22-37)57-45-19-11-9-17-43(45)55(39-13-5-3-6-14-39)63-51-33-29-47-50-32-36-54-62-52(34-30-48(60(50)62)49-31-35-53(65(57)63)61(51)59(47)49)64-56(40-15-7-4-8-16-40)44-18-10-12-20-46(44)58(66(54)64)42-27-23-38(2)24-28-42;1-5-7-9-11-13-15-21-31(22-16-14-12-10-8-6-2)29-23-25(3)17-19-27(29)28-20-18-26(4)24-30(28)31;1-16-8-12-19(13-9-16)21(18-6-4-3-5-7-18)20-14-10-17(2)11-15-20/h3-36H,1-2H3;17-20,23-24H,5-16,21-22H2,1-4H3;3-15H,1-2H3. The van der Waals surface area contributed by atoms with Crippen LogP contribution >= 0.6 is 0 Å². The van der Waals surface area contributed by atoms with Gasteiger partial charge in [0.05, 0.1) is 0 Å². The molecule has 578 valence electrons. The van der Waals surface area contributed by atoms with Gasteiger partial charge in [0.1, 0.15) is 0 Å². The van der Waals surface area contributed by atoms with Gasteiger partial charge in [-0.1, -0.05) is 409 Å². The van der Waals surface area contributed by atoms with E-state index in [-0.39, 0.29) is 5.41 Å². The van der Waals surface area contributed by atoms with Gasteiger partial charge in [-0.25, -0.2) is 0 Å². The van der Waals surface area contributed by atoms with Crippen LogP contribution in [-0.2, 0) is 5.41 Å². The second-order valence-corrected chi connectivity index (χ2v) is 34.3. The average Bonchev–Trinajstić information content (AvgIpc) is 1.48. The molecule has 3 aliphatic rings. The number of anilines is 3. The number of unbranched alkanes of at least 4 members (excludes halogenated alkanes) is 10. The van der Waals surface area contributed by atoms with Crippen molar-refractivity contribution in [3.63, 3.8) is 0 Å². The minimum atomic E-state index is 0.234. The second kappa shape index (κ2) is 32.2. The van der Waals surface area contributed by atoms with Gasteiger partial charge in [0, 0.05) is 22.5 Å². The van der Waals surface area contributed by atoms with Crippen LogP contribution in [-0.4, -0.2) is 0 Å². The molecular formula is C117H105N. The van der Waals surface area contributed by atoms with Gasteiger partial charge in [-0.3, -0.25) is 0 Å². The number of hydrogen-bond acceptors (Lipinski definition) is 1. The van der Waals surface area contributed by atoms with Crippen molar-refractivity contribution in [2.75, 3.05) is 4.90 Å². The molecule has 0 saturated heterocycles. The molecule has 0 spiro atoms. The summed E-state index contributed by atoms with van der Waals surface area (Å²) in [7, 11) is 0. The van der Waals surface area contributed by atoms with Gasteiger partial charge in [0.15, 0.2) is 0 Å². The minimum Gasteiger partial charge on any atom is -0.311 e. The van der Waals surface area contributed by atoms with Crippen LogP contribution in [0.15, 0.2) is 322 Å². The minimum absolute atomic E-state index is 0.234. The van der Waals surface area contributed by atoms with Crippen LogP contribution < -0.4 is 4.90 Å². The molecule has 0 saturated carbocycles. The molecule has 0 bridgehead atoms. The van der Waals surface area contributed by atoms with E-state index in [2.05, 4.69) is 376 Å². The Hall–Kier alpha value is -12.4. The first kappa shape index (κ1) is 75.6. The number of benzene rings is 18. The van der Waals surface area contributed by atoms with Gasteiger partial charge in [0.25, 0.3) is 0 Å². The van der Waals surface area contributed by atoms with Crippen molar-refractivity contribution in [2.45, 2.75) is 151 Å². The highest BCUT2D eigenvalue weighted by molar-refractivity contribution is 6.33. The first-order valence-corrected chi connectivity index (χ1v) is 43.8. The van der Waals surface area contributed by atoms with E-state index >= 15 is 0 Å². The van der Waals surface area contributed by atoms with Crippen molar-refractivity contribution in [3.05, 3.63) is 408 Å². The summed E-state index contributed by atoms with van der Waals surface area (Å²) in [6, 6.07) is 121. The molecule has 118 heavy (non-hydrogen) atoms. The molecular weight excluding hydrogens is 1420 g/mol. The molecule has 18 aromatic carbocycles. The zero-order chi connectivity index (χ0) is 80.1. The Bertz CT molecular complexity index is 6830. The summed E-state index contributed by atoms with van der Waals surface area (Å²) in [6.07, 6.45) is 19.2. The van der Waals surface area contributed by atoms with E-state index in [9.17, 15) is 0 Å². The van der Waals surface area contributed by atoms with E-state index in [1.807, 2.05) is 6.07 Å². The van der Waals surface area contributed by atoms with E-state index in [1.165, 1.54) is 302 Å². The zero-order valence-electron chi connectivity index (χ0n) is 69.9. The summed E-state index contributed by atoms with van der Waals surface area (Å²) in [5, 5.41) is 26.6. The van der Waals surface area contributed by atoms with E-state index in [4.69, 9.17) is 0 Å². The first-order valence-electron chi connectivity index (χ1n) is 43.8. The fourth-order valence-electron chi connectivity index (χ4n) is 20.7. The van der Waals surface area contributed by atoms with Gasteiger partial charge in [0.2, 0.25) is 0 Å². The number of hydrogen-bond donors (Lipinski definition) is 0. The molecule has 3 aliphatic carbocycles. The van der Waals surface area contributed by atoms with Gasteiger partial charge in [-0.15, -0.1) is 0 Å². The third-order valence-corrected chi connectivity index (χ3v) is 26.4. The molecule has 1 nitrogen and oxygen atoms in total. The molecule has 0 unspecified atom stereocenters. The molecule has 0 atom stereocenters. The monoisotopic (exact) mass is 1520 g/mol. The van der Waals surface area contributed by atoms with Crippen molar-refractivity contribution < 1.29 is 0 Å². The fraction of sp³-hybridized carbons (Fsp3) is 0.197. The van der Waals surface area contributed by atoms with Crippen molar-refractivity contribution in [1.29, 1.82) is 0 Å². The molecule has 0 N–H and O–H groups in total. The smallest absolute Gasteiger partial charge is 0.0461 e. The summed E-state index contributed by atoms with van der Waals surface area (Å²) in [5.41, 5.74) is 28.2. The molecule has 0 radical (unpaired) electrons. The highest BCUT2D eigenvalue weighted by Crippen LogP contribution is 2.56. The summed E-state index contributed by atoms with van der Waals surface area (Å²) >= 11 is 0. The van der Waals surface area contributed by atoms with E-state index in [0.717, 1.165) is 0 Å². The predicted octanol–water partition coefficient (Wildman–Crippen LogP) is 32.9. The Kier molecular flexibility index (Phi) is 20.7. The van der Waals surface area contributed by atoms with Crippen molar-refractivity contribution in [2.24, 2.45) is 0 Å². The van der Waals surface area contributed by atoms with Crippen LogP contribution in [0.5, 0.6) is 0 Å². The van der Waals surface area contributed by atoms with E-state index in [1.54, 1.807) is 11.1 Å². The van der Waals surface area contributed by atoms with Crippen molar-refractivity contribution >= 4 is 81.7 Å². The summed E-state index contributed by atoms with van der Waals surface area (Å²) in [4.78, 5) is 2.28. The Balaban J connectivity index is 0.000000147. The maximum absolute atomic E-state index is 2.53. The number of fused-ring (bicyclic) bond motifs is 9. The van der Waals surface area contributed by atoms with Crippen LogP contribution in [0.4, 0.5) is 17.1 Å². The van der Waals surface area contributed by atoms with Crippen molar-refractivity contribution in [1.82, 2.24) is 0 Å². The van der Waals surface area contributed by atoms with Gasteiger partial charge in [-0.05, 0) is 264 Å². The van der Waals surface area contributed by atoms with E-state index in [0.29, 0.717) is 0 Å². The topological polar surface area (TPSA) is 3.24 Å². The SMILES string of the molecule is CCCCCCCCC1(CCCCCCCC)c2cc(C)ccc2-c2ccc(C)cc21.Cc1ccc(-c2c3c(c(-c4ccccc4)c4ccccc24)=c2ccc4c5ccc6c7c(ccc(c8ccc=3c2c48)c75)=c2c(-c3ccccc3)c3ccccc3c(-c3ccc(C)cc3)c2=6)cc1.Cc1ccc(N(c2ccccc2)c2ccc(C)cc2)cc1. The molecule has 0 fully saturated rings. The number of para-hydroxylation sites is 1. The molecule has 0 heterocycles. The van der Waals surface area contributed by atoms with E-state index < -0.39 is 0 Å². The van der Waals surface area contributed by atoms with Crippen molar-refractivity contribution in [3.8, 4) is 55.6 Å². The summed E-state index contributed by atoms with van der Waals surface area (Å²) < 4.78 is 0. The number of nitrogens with zero attached hydrogens (tertiary/aromatic N) is 1. The Labute approximate surface area is 696 Å². The Morgan fingerprint density at radius 1 is 0.220 bits per heavy atom. The predicted molar refractivity (Wildman–Crippen MR) is 506 cm³/mol. The Morgan fingerprint density at radius 2 is 0.492 bits per heavy atom. The lowest BCUT2D eigenvalue weighted by Crippen LogP contribution is -2.25. The third-order valence-electron chi connectivity index (χ3n) is 26.4. The lowest BCUT2D eigenvalue weighted by molar-refractivity contribution is 0.397. The maximum Gasteiger partial charge on any atom is 0.0461 e. The van der Waals surface area contributed by atoms with Crippen LogP contribution in [0.3, 0.4) is 0 Å².